The molecule has 4 nitrogen and oxygen atoms in total. The summed E-state index contributed by atoms with van der Waals surface area (Å²) in [6.45, 7) is 0. The SMILES string of the molecule is NC(=O)C=Cc1cnn(-c2ccc(F)cc2)c1. The second kappa shape index (κ2) is 4.61. The smallest absolute Gasteiger partial charge is 0.241 e. The fourth-order valence-electron chi connectivity index (χ4n) is 1.34. The Morgan fingerprint density at radius 1 is 1.35 bits per heavy atom. The average Bonchev–Trinajstić information content (AvgIpc) is 2.76. The molecule has 2 rings (SSSR count). The van der Waals surface area contributed by atoms with Crippen LogP contribution < -0.4 is 5.73 Å². The minimum atomic E-state index is -0.514. The van der Waals surface area contributed by atoms with Gasteiger partial charge in [-0.3, -0.25) is 4.79 Å². The topological polar surface area (TPSA) is 60.9 Å². The fraction of sp³-hybridized carbons (Fsp3) is 0. The average molecular weight is 231 g/mol. The summed E-state index contributed by atoms with van der Waals surface area (Å²) >= 11 is 0. The zero-order chi connectivity index (χ0) is 12.3. The Morgan fingerprint density at radius 3 is 2.71 bits per heavy atom. The van der Waals surface area contributed by atoms with Crippen molar-refractivity contribution in [1.82, 2.24) is 9.78 Å². The van der Waals surface area contributed by atoms with Crippen molar-refractivity contribution < 1.29 is 9.18 Å². The molecule has 86 valence electrons. The second-order valence-electron chi connectivity index (χ2n) is 3.43. The maximum Gasteiger partial charge on any atom is 0.241 e. The van der Waals surface area contributed by atoms with Gasteiger partial charge in [0.1, 0.15) is 5.82 Å². The monoisotopic (exact) mass is 231 g/mol. The number of amides is 1. The van der Waals surface area contributed by atoms with Crippen molar-refractivity contribution in [1.29, 1.82) is 0 Å². The first-order valence-corrected chi connectivity index (χ1v) is 4.93. The molecule has 0 atom stereocenters. The van der Waals surface area contributed by atoms with E-state index in [0.29, 0.717) is 0 Å². The molecular formula is C12H10FN3O. The van der Waals surface area contributed by atoms with Crippen molar-refractivity contribution in [3.05, 3.63) is 54.1 Å². The number of halogens is 1. The van der Waals surface area contributed by atoms with Gasteiger partial charge in [0.2, 0.25) is 5.91 Å². The predicted octanol–water partition coefficient (Wildman–Crippen LogP) is 1.51. The largest absolute Gasteiger partial charge is 0.366 e. The molecule has 2 N–H and O–H groups in total. The molecule has 2 aromatic rings. The highest BCUT2D eigenvalue weighted by molar-refractivity contribution is 5.90. The predicted molar refractivity (Wildman–Crippen MR) is 61.8 cm³/mol. The Labute approximate surface area is 97.2 Å². The van der Waals surface area contributed by atoms with Gasteiger partial charge in [0.15, 0.2) is 0 Å². The molecule has 17 heavy (non-hydrogen) atoms. The van der Waals surface area contributed by atoms with Crippen LogP contribution >= 0.6 is 0 Å². The van der Waals surface area contributed by atoms with E-state index in [1.54, 1.807) is 35.3 Å². The van der Waals surface area contributed by atoms with Gasteiger partial charge < -0.3 is 5.73 Å². The highest BCUT2D eigenvalue weighted by Crippen LogP contribution is 2.10. The van der Waals surface area contributed by atoms with E-state index in [2.05, 4.69) is 5.10 Å². The number of hydrogen-bond donors (Lipinski definition) is 1. The maximum atomic E-state index is 12.7. The summed E-state index contributed by atoms with van der Waals surface area (Å²) in [5.41, 5.74) is 6.46. The van der Waals surface area contributed by atoms with Gasteiger partial charge in [-0.2, -0.15) is 5.10 Å². The first-order chi connectivity index (χ1) is 8.15. The molecule has 1 aromatic carbocycles. The summed E-state index contributed by atoms with van der Waals surface area (Å²) in [5.74, 6) is -0.811. The van der Waals surface area contributed by atoms with Gasteiger partial charge in [-0.25, -0.2) is 9.07 Å². The zero-order valence-corrected chi connectivity index (χ0v) is 8.88. The highest BCUT2D eigenvalue weighted by atomic mass is 19.1. The number of nitrogens with two attached hydrogens (primary N) is 1. The minimum absolute atomic E-state index is 0.297. The lowest BCUT2D eigenvalue weighted by Crippen LogP contribution is -2.04. The van der Waals surface area contributed by atoms with E-state index >= 15 is 0 Å². The van der Waals surface area contributed by atoms with Crippen LogP contribution in [0.3, 0.4) is 0 Å². The molecule has 5 heteroatoms. The number of nitrogens with zero attached hydrogens (tertiary/aromatic N) is 2. The summed E-state index contributed by atoms with van der Waals surface area (Å²) < 4.78 is 14.3. The standard InChI is InChI=1S/C12H10FN3O/c13-10-2-4-11(5-3-10)16-8-9(7-15-16)1-6-12(14)17/h1-8H,(H2,14,17). The van der Waals surface area contributed by atoms with Crippen molar-refractivity contribution in [3.63, 3.8) is 0 Å². The third-order valence-electron chi connectivity index (χ3n) is 2.13. The van der Waals surface area contributed by atoms with E-state index in [-0.39, 0.29) is 5.82 Å². The molecule has 0 saturated heterocycles. The Balaban J connectivity index is 2.23. The van der Waals surface area contributed by atoms with E-state index in [0.717, 1.165) is 11.3 Å². The minimum Gasteiger partial charge on any atom is -0.366 e. The molecule has 0 aliphatic carbocycles. The molecule has 1 heterocycles. The van der Waals surface area contributed by atoms with Crippen LogP contribution in [0.5, 0.6) is 0 Å². The van der Waals surface area contributed by atoms with E-state index in [9.17, 15) is 9.18 Å². The number of carbonyl (C=O) groups is 1. The molecule has 1 amide bonds. The number of aromatic nitrogens is 2. The first kappa shape index (κ1) is 11.1. The van der Waals surface area contributed by atoms with Crippen LogP contribution in [0.4, 0.5) is 4.39 Å². The lowest BCUT2D eigenvalue weighted by molar-refractivity contribution is -0.113. The van der Waals surface area contributed by atoms with Gasteiger partial charge in [0, 0.05) is 17.8 Å². The van der Waals surface area contributed by atoms with E-state index in [4.69, 9.17) is 5.73 Å². The molecule has 0 fully saturated rings. The normalized spacial score (nSPS) is 10.9. The van der Waals surface area contributed by atoms with Gasteiger partial charge in [-0.1, -0.05) is 0 Å². The van der Waals surface area contributed by atoms with E-state index < -0.39 is 5.91 Å². The molecule has 0 spiro atoms. The Bertz CT molecular complexity index is 557. The van der Waals surface area contributed by atoms with Gasteiger partial charge in [-0.15, -0.1) is 0 Å². The van der Waals surface area contributed by atoms with Crippen LogP contribution in [-0.2, 0) is 4.79 Å². The van der Waals surface area contributed by atoms with Crippen molar-refractivity contribution >= 4 is 12.0 Å². The van der Waals surface area contributed by atoms with Gasteiger partial charge >= 0.3 is 0 Å². The van der Waals surface area contributed by atoms with Gasteiger partial charge in [0.05, 0.1) is 11.9 Å². The van der Waals surface area contributed by atoms with E-state index in [1.165, 1.54) is 18.2 Å². The van der Waals surface area contributed by atoms with Crippen LogP contribution in [-0.4, -0.2) is 15.7 Å². The van der Waals surface area contributed by atoms with Crippen LogP contribution in [0.15, 0.2) is 42.7 Å². The summed E-state index contributed by atoms with van der Waals surface area (Å²) in [4.78, 5) is 10.6. The van der Waals surface area contributed by atoms with Crippen LogP contribution in [0.25, 0.3) is 11.8 Å². The molecule has 0 unspecified atom stereocenters. The van der Waals surface area contributed by atoms with Crippen LogP contribution in [0.2, 0.25) is 0 Å². The summed E-state index contributed by atoms with van der Waals surface area (Å²) in [6, 6.07) is 5.94. The lowest BCUT2D eigenvalue weighted by Gasteiger charge is -1.99. The molecule has 0 saturated carbocycles. The van der Waals surface area contributed by atoms with Crippen molar-refractivity contribution in [2.24, 2.45) is 5.73 Å². The molecule has 0 bridgehead atoms. The van der Waals surface area contributed by atoms with Gasteiger partial charge in [0.25, 0.3) is 0 Å². The number of carbonyl (C=O) groups excluding carboxylic acids is 1. The Kier molecular flexibility index (Phi) is 3.00. The number of rotatable bonds is 3. The van der Waals surface area contributed by atoms with Gasteiger partial charge in [-0.05, 0) is 30.3 Å². The molecular weight excluding hydrogens is 221 g/mol. The van der Waals surface area contributed by atoms with Crippen molar-refractivity contribution in [2.75, 3.05) is 0 Å². The Hall–Kier alpha value is -2.43. The third-order valence-corrected chi connectivity index (χ3v) is 2.13. The second-order valence-corrected chi connectivity index (χ2v) is 3.43. The molecule has 0 radical (unpaired) electrons. The fourth-order valence-corrected chi connectivity index (χ4v) is 1.34. The quantitative estimate of drug-likeness (QED) is 0.814. The Morgan fingerprint density at radius 2 is 2.06 bits per heavy atom. The summed E-state index contributed by atoms with van der Waals surface area (Å²) in [6.07, 6.45) is 6.12. The number of hydrogen-bond acceptors (Lipinski definition) is 2. The maximum absolute atomic E-state index is 12.7. The molecule has 0 aliphatic heterocycles. The molecule has 1 aromatic heterocycles. The van der Waals surface area contributed by atoms with Crippen LogP contribution in [0, 0.1) is 5.82 Å². The summed E-state index contributed by atoms with van der Waals surface area (Å²) in [5, 5.41) is 4.08. The molecule has 0 aliphatic rings. The van der Waals surface area contributed by atoms with Crippen LogP contribution in [0.1, 0.15) is 5.56 Å². The lowest BCUT2D eigenvalue weighted by atomic mass is 10.3. The van der Waals surface area contributed by atoms with E-state index in [1.807, 2.05) is 0 Å². The summed E-state index contributed by atoms with van der Waals surface area (Å²) in [7, 11) is 0. The third kappa shape index (κ3) is 2.78. The van der Waals surface area contributed by atoms with Crippen molar-refractivity contribution in [3.8, 4) is 5.69 Å². The first-order valence-electron chi connectivity index (χ1n) is 4.93. The highest BCUT2D eigenvalue weighted by Gasteiger charge is 1.99. The zero-order valence-electron chi connectivity index (χ0n) is 8.88. The van der Waals surface area contributed by atoms with Crippen molar-refractivity contribution in [2.45, 2.75) is 0 Å². The number of benzene rings is 1. The number of primary amides is 1.